The SMILES string of the molecule is CC(N[S@+]([O-])C(C)(C)C)(c1ccccc1F)[C@@H](F)C=C(F)C(=O)O. The van der Waals surface area contributed by atoms with Gasteiger partial charge in [-0.2, -0.15) is 4.39 Å². The highest BCUT2D eigenvalue weighted by molar-refractivity contribution is 7.90. The van der Waals surface area contributed by atoms with Crippen molar-refractivity contribution < 1.29 is 27.6 Å². The van der Waals surface area contributed by atoms with E-state index in [1.165, 1.54) is 25.1 Å². The minimum absolute atomic E-state index is 0.190. The van der Waals surface area contributed by atoms with Crippen LogP contribution in [0.4, 0.5) is 13.2 Å². The number of aliphatic carboxylic acids is 1. The molecule has 0 saturated carbocycles. The molecule has 0 aliphatic heterocycles. The van der Waals surface area contributed by atoms with E-state index in [4.69, 9.17) is 5.11 Å². The van der Waals surface area contributed by atoms with Gasteiger partial charge in [0.2, 0.25) is 5.83 Å². The Kier molecular flexibility index (Phi) is 6.49. The Balaban J connectivity index is 3.39. The molecule has 0 aliphatic carbocycles. The third kappa shape index (κ3) is 4.75. The van der Waals surface area contributed by atoms with E-state index in [9.17, 15) is 22.5 Å². The lowest BCUT2D eigenvalue weighted by Crippen LogP contribution is -2.54. The zero-order valence-electron chi connectivity index (χ0n) is 13.8. The first-order chi connectivity index (χ1) is 10.9. The average Bonchev–Trinajstić information content (AvgIpc) is 2.46. The molecule has 134 valence electrons. The van der Waals surface area contributed by atoms with Crippen LogP contribution in [0.5, 0.6) is 0 Å². The zero-order chi connectivity index (χ0) is 18.7. The third-order valence-electron chi connectivity index (χ3n) is 3.34. The van der Waals surface area contributed by atoms with Crippen LogP contribution in [0.25, 0.3) is 0 Å². The minimum atomic E-state index is -2.28. The number of hydrogen-bond acceptors (Lipinski definition) is 3. The summed E-state index contributed by atoms with van der Waals surface area (Å²) < 4.78 is 56.3. The number of hydrogen-bond donors (Lipinski definition) is 2. The Hall–Kier alpha value is -1.51. The highest BCUT2D eigenvalue weighted by Gasteiger charge is 2.44. The molecule has 1 rings (SSSR count). The van der Waals surface area contributed by atoms with Gasteiger partial charge in [0, 0.05) is 16.9 Å². The normalized spacial score (nSPS) is 17.9. The van der Waals surface area contributed by atoms with Crippen LogP contribution in [0.15, 0.2) is 36.2 Å². The molecule has 0 fully saturated rings. The Morgan fingerprint density at radius 1 is 1.33 bits per heavy atom. The summed E-state index contributed by atoms with van der Waals surface area (Å²) in [6.07, 6.45) is -2.06. The average molecular weight is 363 g/mol. The van der Waals surface area contributed by atoms with E-state index in [0.29, 0.717) is 0 Å². The molecule has 1 unspecified atom stereocenters. The van der Waals surface area contributed by atoms with Crippen molar-refractivity contribution >= 4 is 17.3 Å². The maximum atomic E-state index is 14.7. The second-order valence-corrected chi connectivity index (χ2v) is 8.35. The van der Waals surface area contributed by atoms with Crippen LogP contribution in [0, 0.1) is 5.82 Å². The third-order valence-corrected chi connectivity index (χ3v) is 5.06. The van der Waals surface area contributed by atoms with Crippen molar-refractivity contribution in [3.8, 4) is 0 Å². The highest BCUT2D eigenvalue weighted by atomic mass is 32.2. The van der Waals surface area contributed by atoms with E-state index in [1.54, 1.807) is 20.8 Å². The van der Waals surface area contributed by atoms with Gasteiger partial charge in [-0.1, -0.05) is 18.2 Å². The molecule has 0 bridgehead atoms. The molecular formula is C16H20F3NO3S. The van der Waals surface area contributed by atoms with Gasteiger partial charge in [0.05, 0.1) is 0 Å². The molecule has 0 saturated heterocycles. The smallest absolute Gasteiger partial charge is 0.364 e. The Bertz CT molecular complexity index is 633. The first-order valence-corrected chi connectivity index (χ1v) is 8.24. The number of carboxylic acid groups (broad SMARTS) is 1. The van der Waals surface area contributed by atoms with Crippen molar-refractivity contribution in [1.29, 1.82) is 0 Å². The molecule has 0 amide bonds. The van der Waals surface area contributed by atoms with E-state index < -0.39 is 45.4 Å². The summed E-state index contributed by atoms with van der Waals surface area (Å²) in [6.45, 7) is 6.07. The summed E-state index contributed by atoms with van der Waals surface area (Å²) in [4.78, 5) is 10.6. The number of rotatable bonds is 6. The minimum Gasteiger partial charge on any atom is -0.598 e. The van der Waals surface area contributed by atoms with Crippen molar-refractivity contribution in [2.75, 3.05) is 0 Å². The zero-order valence-corrected chi connectivity index (χ0v) is 14.6. The fraction of sp³-hybridized carbons (Fsp3) is 0.438. The number of benzene rings is 1. The van der Waals surface area contributed by atoms with Gasteiger partial charge in [0.15, 0.2) is 0 Å². The van der Waals surface area contributed by atoms with E-state index in [2.05, 4.69) is 4.72 Å². The van der Waals surface area contributed by atoms with Crippen LogP contribution in [0.2, 0.25) is 0 Å². The summed E-state index contributed by atoms with van der Waals surface area (Å²) in [5.74, 6) is -4.44. The fourth-order valence-corrected chi connectivity index (χ4v) is 2.77. The maximum absolute atomic E-state index is 14.7. The van der Waals surface area contributed by atoms with Gasteiger partial charge < -0.3 is 9.66 Å². The maximum Gasteiger partial charge on any atom is 0.364 e. The fourth-order valence-electron chi connectivity index (χ4n) is 1.85. The summed E-state index contributed by atoms with van der Waals surface area (Å²) in [6, 6.07) is 5.18. The van der Waals surface area contributed by atoms with Crippen molar-refractivity contribution in [2.45, 2.75) is 44.2 Å². The number of carbonyl (C=O) groups is 1. The molecule has 2 N–H and O–H groups in total. The van der Waals surface area contributed by atoms with Crippen LogP contribution >= 0.6 is 0 Å². The van der Waals surface area contributed by atoms with E-state index >= 15 is 0 Å². The largest absolute Gasteiger partial charge is 0.598 e. The number of alkyl halides is 1. The highest BCUT2D eigenvalue weighted by Crippen LogP contribution is 2.33. The predicted molar refractivity (Wildman–Crippen MR) is 86.5 cm³/mol. The molecule has 1 aromatic rings. The number of halogens is 3. The lowest BCUT2D eigenvalue weighted by atomic mass is 9.87. The predicted octanol–water partition coefficient (Wildman–Crippen LogP) is 3.37. The molecular weight excluding hydrogens is 343 g/mol. The monoisotopic (exact) mass is 363 g/mol. The van der Waals surface area contributed by atoms with E-state index in [-0.39, 0.29) is 11.6 Å². The van der Waals surface area contributed by atoms with E-state index in [1.807, 2.05) is 0 Å². The second kappa shape index (κ2) is 7.58. The van der Waals surface area contributed by atoms with Gasteiger partial charge >= 0.3 is 5.97 Å². The van der Waals surface area contributed by atoms with Crippen LogP contribution in [-0.4, -0.2) is 26.5 Å². The first-order valence-electron chi connectivity index (χ1n) is 7.09. The molecule has 0 spiro atoms. The van der Waals surface area contributed by atoms with Gasteiger partial charge in [0.1, 0.15) is 22.3 Å². The molecule has 4 nitrogen and oxygen atoms in total. The summed E-state index contributed by atoms with van der Waals surface area (Å²) in [7, 11) is 0. The molecule has 0 aliphatic rings. The first kappa shape index (κ1) is 20.5. The molecule has 24 heavy (non-hydrogen) atoms. The summed E-state index contributed by atoms with van der Waals surface area (Å²) in [5.41, 5.74) is -2.12. The number of carboxylic acids is 1. The van der Waals surface area contributed by atoms with Crippen LogP contribution in [0.3, 0.4) is 0 Å². The Morgan fingerprint density at radius 3 is 2.33 bits per heavy atom. The molecule has 0 radical (unpaired) electrons. The molecule has 0 aromatic heterocycles. The van der Waals surface area contributed by atoms with Crippen molar-refractivity contribution in [3.63, 3.8) is 0 Å². The molecule has 1 aromatic carbocycles. The van der Waals surface area contributed by atoms with Crippen molar-refractivity contribution in [3.05, 3.63) is 47.5 Å². The van der Waals surface area contributed by atoms with Crippen LogP contribution in [0.1, 0.15) is 33.3 Å². The van der Waals surface area contributed by atoms with Gasteiger partial charge in [0.25, 0.3) is 0 Å². The second-order valence-electron chi connectivity index (χ2n) is 6.39. The van der Waals surface area contributed by atoms with Gasteiger partial charge in [-0.25, -0.2) is 13.6 Å². The van der Waals surface area contributed by atoms with Crippen molar-refractivity contribution in [1.82, 2.24) is 4.72 Å². The van der Waals surface area contributed by atoms with Crippen LogP contribution in [-0.2, 0) is 21.7 Å². The van der Waals surface area contributed by atoms with Crippen molar-refractivity contribution in [2.24, 2.45) is 0 Å². The summed E-state index contributed by atoms with van der Waals surface area (Å²) in [5, 5.41) is 8.57. The lowest BCUT2D eigenvalue weighted by molar-refractivity contribution is -0.134. The Labute approximate surface area is 142 Å². The van der Waals surface area contributed by atoms with Gasteiger partial charge in [-0.15, -0.1) is 4.72 Å². The topological polar surface area (TPSA) is 72.4 Å². The molecule has 8 heteroatoms. The summed E-state index contributed by atoms with van der Waals surface area (Å²) >= 11 is -1.82. The standard InChI is InChI=1S/C16H20F3NO3S/c1-15(2,3)24(23)20-16(4,10-7-5-6-8-11(10)17)13(19)9-12(18)14(21)22/h5-9,13,20H,1-4H3,(H,21,22)/t13-,16?,24+/m0/s1. The number of nitrogens with one attached hydrogen (secondary N) is 1. The molecule has 3 atom stereocenters. The Morgan fingerprint density at radius 2 is 1.88 bits per heavy atom. The van der Waals surface area contributed by atoms with Gasteiger partial charge in [-0.05, 0) is 39.8 Å². The van der Waals surface area contributed by atoms with E-state index in [0.717, 1.165) is 6.07 Å². The lowest BCUT2D eigenvalue weighted by Gasteiger charge is -2.36. The van der Waals surface area contributed by atoms with Gasteiger partial charge in [-0.3, -0.25) is 0 Å². The molecule has 0 heterocycles. The quantitative estimate of drug-likeness (QED) is 0.600. The van der Waals surface area contributed by atoms with Crippen LogP contribution < -0.4 is 4.72 Å².